The molecule has 1 aliphatic heterocycles. The van der Waals surface area contributed by atoms with E-state index in [4.69, 9.17) is 4.74 Å². The lowest BCUT2D eigenvalue weighted by atomic mass is 10.2. The van der Waals surface area contributed by atoms with Gasteiger partial charge in [-0.05, 0) is 52.4 Å². The number of halogens is 2. The Kier molecular flexibility index (Phi) is 5.03. The molecule has 1 heterocycles. The number of hydrogen-bond donors (Lipinski definition) is 1. The number of hydrogen-bond acceptors (Lipinski definition) is 3. The van der Waals surface area contributed by atoms with E-state index in [0.717, 1.165) is 14.0 Å². The van der Waals surface area contributed by atoms with Crippen LogP contribution in [0.3, 0.4) is 0 Å². The summed E-state index contributed by atoms with van der Waals surface area (Å²) in [5, 5.41) is 2.51. The second-order valence-electron chi connectivity index (χ2n) is 5.42. The minimum absolute atomic E-state index is 0.127. The van der Waals surface area contributed by atoms with Gasteiger partial charge in [0.15, 0.2) is 0 Å². The number of likely N-dealkylation sites (N-methyl/N-ethyl adjacent to an activating group) is 1. The number of benzene rings is 2. The van der Waals surface area contributed by atoms with Crippen LogP contribution in [0, 0.1) is 9.39 Å². The van der Waals surface area contributed by atoms with Crippen molar-refractivity contribution < 1.29 is 18.7 Å². The van der Waals surface area contributed by atoms with Gasteiger partial charge in [0.2, 0.25) is 0 Å². The molecule has 0 aliphatic carbocycles. The maximum atomic E-state index is 13.6. The van der Waals surface area contributed by atoms with E-state index in [9.17, 15) is 14.0 Å². The third-order valence-electron chi connectivity index (χ3n) is 3.69. The molecule has 0 radical (unpaired) electrons. The Labute approximate surface area is 157 Å². The Balaban J connectivity index is 1.74. The number of urea groups is 1. The molecule has 0 spiro atoms. The zero-order chi connectivity index (χ0) is 18.0. The first kappa shape index (κ1) is 17.4. The fourth-order valence-corrected chi connectivity index (χ4v) is 2.98. The molecule has 2 aromatic carbocycles. The summed E-state index contributed by atoms with van der Waals surface area (Å²) >= 11 is 2.11. The molecule has 0 aromatic heterocycles. The SMILES string of the molecule is CN1C(=O)N/C(=C/c2ccc(OCc3ccccc3F)c(I)c2)C1=O. The van der Waals surface area contributed by atoms with Crippen molar-refractivity contribution in [1.82, 2.24) is 10.2 Å². The number of imide groups is 1. The second-order valence-corrected chi connectivity index (χ2v) is 6.58. The van der Waals surface area contributed by atoms with Crippen LogP contribution in [0.5, 0.6) is 5.75 Å². The molecular formula is C18H14FIN2O3. The fraction of sp³-hybridized carbons (Fsp3) is 0.111. The smallest absolute Gasteiger partial charge is 0.328 e. The predicted octanol–water partition coefficient (Wildman–Crippen LogP) is 3.53. The highest BCUT2D eigenvalue weighted by Crippen LogP contribution is 2.25. The van der Waals surface area contributed by atoms with Crippen molar-refractivity contribution in [2.24, 2.45) is 0 Å². The van der Waals surface area contributed by atoms with E-state index in [1.807, 2.05) is 6.07 Å². The average molecular weight is 452 g/mol. The van der Waals surface area contributed by atoms with Crippen molar-refractivity contribution in [3.63, 3.8) is 0 Å². The number of ether oxygens (including phenoxy) is 1. The number of carbonyl (C=O) groups is 2. The maximum absolute atomic E-state index is 13.6. The summed E-state index contributed by atoms with van der Waals surface area (Å²) in [5.41, 5.74) is 1.46. The molecule has 0 bridgehead atoms. The molecule has 3 amide bonds. The van der Waals surface area contributed by atoms with Gasteiger partial charge in [0.05, 0.1) is 3.57 Å². The highest BCUT2D eigenvalue weighted by molar-refractivity contribution is 14.1. The zero-order valence-corrected chi connectivity index (χ0v) is 15.4. The number of carbonyl (C=O) groups excluding carboxylic acids is 2. The molecule has 1 N–H and O–H groups in total. The Hall–Kier alpha value is -2.42. The third-order valence-corrected chi connectivity index (χ3v) is 4.53. The van der Waals surface area contributed by atoms with E-state index in [-0.39, 0.29) is 24.0 Å². The minimum atomic E-state index is -0.448. The monoisotopic (exact) mass is 452 g/mol. The van der Waals surface area contributed by atoms with Crippen LogP contribution in [0.1, 0.15) is 11.1 Å². The quantitative estimate of drug-likeness (QED) is 0.439. The highest BCUT2D eigenvalue weighted by Gasteiger charge is 2.29. The van der Waals surface area contributed by atoms with E-state index in [1.165, 1.54) is 13.1 Å². The van der Waals surface area contributed by atoms with Gasteiger partial charge < -0.3 is 10.1 Å². The summed E-state index contributed by atoms with van der Waals surface area (Å²) in [6, 6.07) is 11.3. The van der Waals surface area contributed by atoms with Crippen LogP contribution in [0.15, 0.2) is 48.2 Å². The first-order chi connectivity index (χ1) is 12.0. The molecule has 2 aromatic rings. The van der Waals surface area contributed by atoms with Crippen molar-refractivity contribution in [2.75, 3.05) is 7.05 Å². The normalized spacial score (nSPS) is 15.6. The summed E-state index contributed by atoms with van der Waals surface area (Å²) in [5.74, 6) is -0.0664. The molecule has 1 fully saturated rings. The van der Waals surface area contributed by atoms with Gasteiger partial charge in [-0.25, -0.2) is 9.18 Å². The van der Waals surface area contributed by atoms with E-state index >= 15 is 0 Å². The maximum Gasteiger partial charge on any atom is 0.328 e. The lowest BCUT2D eigenvalue weighted by Gasteiger charge is -2.09. The van der Waals surface area contributed by atoms with Gasteiger partial charge in [-0.15, -0.1) is 0 Å². The first-order valence-electron chi connectivity index (χ1n) is 7.42. The molecule has 0 unspecified atom stereocenters. The summed E-state index contributed by atoms with van der Waals surface area (Å²) in [4.78, 5) is 24.3. The molecule has 3 rings (SSSR count). The highest BCUT2D eigenvalue weighted by atomic mass is 127. The third kappa shape index (κ3) is 3.81. The van der Waals surface area contributed by atoms with Crippen LogP contribution in [0.4, 0.5) is 9.18 Å². The van der Waals surface area contributed by atoms with Crippen LogP contribution in [0.25, 0.3) is 6.08 Å². The first-order valence-corrected chi connectivity index (χ1v) is 8.50. The number of amides is 3. The summed E-state index contributed by atoms with van der Waals surface area (Å²) in [7, 11) is 1.42. The van der Waals surface area contributed by atoms with Crippen molar-refractivity contribution in [3.05, 3.63) is 68.7 Å². The van der Waals surface area contributed by atoms with Gasteiger partial charge in [0, 0.05) is 12.6 Å². The molecular weight excluding hydrogens is 438 g/mol. The zero-order valence-electron chi connectivity index (χ0n) is 13.3. The predicted molar refractivity (Wildman–Crippen MR) is 99.2 cm³/mol. The van der Waals surface area contributed by atoms with Crippen LogP contribution < -0.4 is 10.1 Å². The molecule has 25 heavy (non-hydrogen) atoms. The molecule has 5 nitrogen and oxygen atoms in total. The lowest BCUT2D eigenvalue weighted by Crippen LogP contribution is -2.25. The van der Waals surface area contributed by atoms with Crippen molar-refractivity contribution in [1.29, 1.82) is 0 Å². The van der Waals surface area contributed by atoms with Gasteiger partial charge in [0.25, 0.3) is 5.91 Å². The van der Waals surface area contributed by atoms with Crippen LogP contribution in [0.2, 0.25) is 0 Å². The molecule has 1 saturated heterocycles. The molecule has 0 saturated carbocycles. The Morgan fingerprint density at radius 3 is 2.64 bits per heavy atom. The van der Waals surface area contributed by atoms with Gasteiger partial charge in [-0.3, -0.25) is 9.69 Å². The fourth-order valence-electron chi connectivity index (χ4n) is 2.28. The minimum Gasteiger partial charge on any atom is -0.488 e. The molecule has 1 aliphatic rings. The molecule has 7 heteroatoms. The number of nitrogens with one attached hydrogen (secondary N) is 1. The number of rotatable bonds is 4. The van der Waals surface area contributed by atoms with E-state index in [2.05, 4.69) is 27.9 Å². The second kappa shape index (κ2) is 7.22. The summed E-state index contributed by atoms with van der Waals surface area (Å²) in [6.07, 6.45) is 1.60. The van der Waals surface area contributed by atoms with Crippen LogP contribution in [-0.4, -0.2) is 23.9 Å². The molecule has 128 valence electrons. The van der Waals surface area contributed by atoms with E-state index in [0.29, 0.717) is 11.3 Å². The Bertz CT molecular complexity index is 882. The van der Waals surface area contributed by atoms with Crippen LogP contribution in [-0.2, 0) is 11.4 Å². The number of nitrogens with zero attached hydrogens (tertiary/aromatic N) is 1. The van der Waals surface area contributed by atoms with Gasteiger partial charge >= 0.3 is 6.03 Å². The summed E-state index contributed by atoms with van der Waals surface area (Å²) in [6.45, 7) is 0.127. The van der Waals surface area contributed by atoms with Gasteiger partial charge in [0.1, 0.15) is 23.9 Å². The van der Waals surface area contributed by atoms with Gasteiger partial charge in [-0.2, -0.15) is 0 Å². The van der Waals surface area contributed by atoms with E-state index < -0.39 is 6.03 Å². The van der Waals surface area contributed by atoms with Crippen molar-refractivity contribution in [3.8, 4) is 5.75 Å². The molecule has 0 atom stereocenters. The lowest BCUT2D eigenvalue weighted by molar-refractivity contribution is -0.121. The van der Waals surface area contributed by atoms with Crippen LogP contribution >= 0.6 is 22.6 Å². The summed E-state index contributed by atoms with van der Waals surface area (Å²) < 4.78 is 20.1. The van der Waals surface area contributed by atoms with Gasteiger partial charge in [-0.1, -0.05) is 24.3 Å². The largest absolute Gasteiger partial charge is 0.488 e. The standard InChI is InChI=1S/C18H14FIN2O3/c1-22-17(23)15(21-18(22)24)9-11-6-7-16(14(20)8-11)25-10-12-4-2-3-5-13(12)19/h2-9H,10H2,1H3,(H,21,24)/b15-9+. The van der Waals surface area contributed by atoms with Crippen molar-refractivity contribution >= 4 is 40.6 Å². The van der Waals surface area contributed by atoms with E-state index in [1.54, 1.807) is 36.4 Å². The Morgan fingerprint density at radius 1 is 1.24 bits per heavy atom. The topological polar surface area (TPSA) is 58.6 Å². The van der Waals surface area contributed by atoms with Crippen molar-refractivity contribution in [2.45, 2.75) is 6.61 Å². The average Bonchev–Trinajstić information content (AvgIpc) is 2.82. The Morgan fingerprint density at radius 2 is 2.00 bits per heavy atom.